The number of carbonyl (C=O) groups excluding carboxylic acids is 3. The monoisotopic (exact) mass is 1050 g/mol. The van der Waals surface area contributed by atoms with Crippen LogP contribution in [0.5, 0.6) is 11.1 Å². The highest BCUT2D eigenvalue weighted by atomic mass is 32.1. The van der Waals surface area contributed by atoms with Crippen LogP contribution in [0, 0.1) is 13.8 Å². The highest BCUT2D eigenvalue weighted by molar-refractivity contribution is 7.15. The number of likely N-dealkylation sites (tertiary alicyclic amines) is 2. The van der Waals surface area contributed by atoms with E-state index in [0.29, 0.717) is 73.6 Å². The Labute approximate surface area is 426 Å². The first kappa shape index (κ1) is 51.8. The first-order valence-electron chi connectivity index (χ1n) is 24.4. The summed E-state index contributed by atoms with van der Waals surface area (Å²) in [6, 6.07) is 19.7. The predicted octanol–water partition coefficient (Wildman–Crippen LogP) is 9.11. The number of nitrogens with one attached hydrogen (secondary N) is 1. The van der Waals surface area contributed by atoms with Crippen molar-refractivity contribution in [3.63, 3.8) is 0 Å². The van der Waals surface area contributed by atoms with E-state index in [4.69, 9.17) is 9.47 Å². The maximum Gasteiger partial charge on any atom is 0.435 e. The van der Waals surface area contributed by atoms with Gasteiger partial charge < -0.3 is 29.5 Å². The zero-order valence-electron chi connectivity index (χ0n) is 41.1. The van der Waals surface area contributed by atoms with Crippen molar-refractivity contribution in [3.05, 3.63) is 117 Å². The highest BCUT2D eigenvalue weighted by Crippen LogP contribution is 2.39. The van der Waals surface area contributed by atoms with Crippen LogP contribution in [0.4, 0.5) is 32.2 Å². The largest absolute Gasteiger partial charge is 0.473 e. The number of aryl methyl sites for hydroxylation is 3. The number of amides is 3. The smallest absolute Gasteiger partial charge is 0.435 e. The van der Waals surface area contributed by atoms with Crippen molar-refractivity contribution in [2.75, 3.05) is 38.5 Å². The number of piperidine rings is 2. The first-order chi connectivity index (χ1) is 35.2. The quantitative estimate of drug-likeness (QED) is 0.103. The molecule has 392 valence electrons. The maximum absolute atomic E-state index is 14.0. The molecule has 6 aromatic rings. The van der Waals surface area contributed by atoms with Crippen molar-refractivity contribution < 1.29 is 50.2 Å². The van der Waals surface area contributed by atoms with E-state index in [-0.39, 0.29) is 66.5 Å². The second kappa shape index (κ2) is 21.4. The fraction of sp³-hybridized carbons (Fsp3) is 0.451. The second-order valence-corrected chi connectivity index (χ2v) is 20.0. The van der Waals surface area contributed by atoms with Crippen molar-refractivity contribution in [2.24, 2.45) is 0 Å². The normalized spacial score (nSPS) is 17.2. The molecular weight excluding hydrogens is 993 g/mol. The first-order valence-corrected chi connectivity index (χ1v) is 25.3. The van der Waals surface area contributed by atoms with Crippen LogP contribution < -0.4 is 14.8 Å². The van der Waals surface area contributed by atoms with E-state index in [1.54, 1.807) is 26.8 Å². The third-order valence-corrected chi connectivity index (χ3v) is 14.8. The third-order valence-electron chi connectivity index (χ3n) is 13.9. The minimum atomic E-state index is -4.59. The van der Waals surface area contributed by atoms with Crippen molar-refractivity contribution in [1.82, 2.24) is 49.4 Å². The number of nitrogens with zero attached hydrogens (tertiary/aromatic N) is 10. The number of benzene rings is 2. The lowest BCUT2D eigenvalue weighted by atomic mass is 9.84. The molecule has 0 radical (unpaired) electrons. The molecule has 1 aliphatic carbocycles. The third kappa shape index (κ3) is 12.0. The van der Waals surface area contributed by atoms with Crippen molar-refractivity contribution in [2.45, 2.75) is 115 Å². The number of hydrogen-bond donors (Lipinski definition) is 1. The van der Waals surface area contributed by atoms with Gasteiger partial charge in [0.05, 0.1) is 18.3 Å². The summed E-state index contributed by atoms with van der Waals surface area (Å²) in [4.78, 5) is 49.7. The summed E-state index contributed by atoms with van der Waals surface area (Å²) in [7, 11) is 1.82. The Balaban J connectivity index is 0.753. The lowest BCUT2D eigenvalue weighted by Crippen LogP contribution is -2.43. The van der Waals surface area contributed by atoms with Crippen LogP contribution in [0.3, 0.4) is 0 Å². The molecule has 0 saturated carbocycles. The van der Waals surface area contributed by atoms with Gasteiger partial charge in [-0.15, -0.1) is 10.2 Å². The number of fused-ring (bicyclic) bond motifs is 1. The Hall–Kier alpha value is -7.04. The van der Waals surface area contributed by atoms with E-state index < -0.39 is 23.7 Å². The van der Waals surface area contributed by atoms with Crippen molar-refractivity contribution in [3.8, 4) is 22.2 Å². The molecule has 1 N–H and O–H groups in total. The molecule has 2 fully saturated rings. The van der Waals surface area contributed by atoms with Gasteiger partial charge in [0, 0.05) is 76.4 Å². The molecule has 0 spiro atoms. The number of hydrogen-bond acceptors (Lipinski definition) is 12. The van der Waals surface area contributed by atoms with Gasteiger partial charge in [-0.1, -0.05) is 41.7 Å². The van der Waals surface area contributed by atoms with Gasteiger partial charge in [-0.25, -0.2) is 4.98 Å². The fourth-order valence-electron chi connectivity index (χ4n) is 9.67. The molecule has 16 nitrogen and oxygen atoms in total. The summed E-state index contributed by atoms with van der Waals surface area (Å²) in [5.74, 6) is 0.0808. The molecule has 2 atom stereocenters. The van der Waals surface area contributed by atoms with Crippen LogP contribution in [0.1, 0.15) is 107 Å². The Morgan fingerprint density at radius 3 is 1.92 bits per heavy atom. The average molecular weight is 1050 g/mol. The highest BCUT2D eigenvalue weighted by Gasteiger charge is 2.37. The zero-order chi connectivity index (χ0) is 52.5. The summed E-state index contributed by atoms with van der Waals surface area (Å²) in [5, 5.41) is 19.5. The lowest BCUT2D eigenvalue weighted by Gasteiger charge is -2.33. The number of halogens is 6. The summed E-state index contributed by atoms with van der Waals surface area (Å²) in [6.07, 6.45) is -3.45. The molecule has 3 aliphatic rings. The summed E-state index contributed by atoms with van der Waals surface area (Å²) < 4.78 is 93.0. The van der Waals surface area contributed by atoms with Gasteiger partial charge in [0.2, 0.25) is 17.7 Å². The summed E-state index contributed by atoms with van der Waals surface area (Å²) in [6.45, 7) is 5.92. The molecule has 23 heteroatoms. The van der Waals surface area contributed by atoms with Crippen LogP contribution in [-0.2, 0) is 41.5 Å². The SMILES string of the molecule is Cc1cc(C(F)(F)F)nn1CC(=O)N1CCC(Oc2ccc(N[C@H](C)c3cccc(-c4ccc5c(c4)C(N(C)C(=O)c4cnc(OC6CCN(C(=O)Cn7nc(C(F)(F)F)cc7C)CC6)s4)CCC5)c3)nn2)CC1. The fourth-order valence-corrected chi connectivity index (χ4v) is 10.5. The van der Waals surface area contributed by atoms with Crippen molar-refractivity contribution >= 4 is 34.9 Å². The molecule has 3 amide bonds. The van der Waals surface area contributed by atoms with Gasteiger partial charge in [-0.2, -0.15) is 36.5 Å². The van der Waals surface area contributed by atoms with Gasteiger partial charge in [0.1, 0.15) is 36.0 Å². The summed E-state index contributed by atoms with van der Waals surface area (Å²) >= 11 is 1.17. The van der Waals surface area contributed by atoms with Gasteiger partial charge in [0.15, 0.2) is 11.4 Å². The van der Waals surface area contributed by atoms with E-state index in [1.807, 2.05) is 26.1 Å². The molecular formula is C51H55F6N11O5S. The van der Waals surface area contributed by atoms with Crippen LogP contribution in [-0.4, -0.2) is 113 Å². The van der Waals surface area contributed by atoms with Gasteiger partial charge in [-0.3, -0.25) is 23.7 Å². The molecule has 4 aromatic heterocycles. The number of carbonyl (C=O) groups is 3. The molecule has 2 aliphatic heterocycles. The molecule has 9 rings (SSSR count). The number of alkyl halides is 6. The maximum atomic E-state index is 14.0. The van der Waals surface area contributed by atoms with E-state index in [2.05, 4.69) is 61.0 Å². The van der Waals surface area contributed by atoms with Crippen LogP contribution in [0.2, 0.25) is 0 Å². The van der Waals surface area contributed by atoms with Gasteiger partial charge >= 0.3 is 12.4 Å². The number of anilines is 1. The number of aromatic nitrogens is 7. The summed E-state index contributed by atoms with van der Waals surface area (Å²) in [5.41, 5.74) is 3.79. The number of rotatable bonds is 14. The van der Waals surface area contributed by atoms with E-state index in [0.717, 1.165) is 63.0 Å². The average Bonchev–Trinajstić information content (AvgIpc) is 4.12. The Morgan fingerprint density at radius 2 is 1.35 bits per heavy atom. The zero-order valence-corrected chi connectivity index (χ0v) is 41.9. The van der Waals surface area contributed by atoms with Crippen LogP contribution >= 0.6 is 11.3 Å². The molecule has 6 heterocycles. The predicted molar refractivity (Wildman–Crippen MR) is 260 cm³/mol. The topological polar surface area (TPSA) is 166 Å². The van der Waals surface area contributed by atoms with E-state index >= 15 is 0 Å². The van der Waals surface area contributed by atoms with Crippen LogP contribution in [0.15, 0.2) is 72.9 Å². The van der Waals surface area contributed by atoms with Gasteiger partial charge in [0.25, 0.3) is 11.1 Å². The second-order valence-electron chi connectivity index (χ2n) is 19.0. The molecule has 1 unspecified atom stereocenters. The van der Waals surface area contributed by atoms with Crippen molar-refractivity contribution in [1.29, 1.82) is 0 Å². The molecule has 2 aromatic carbocycles. The number of ether oxygens (including phenoxy) is 2. The number of thiazole rings is 1. The Kier molecular flexibility index (Phi) is 15.0. The van der Waals surface area contributed by atoms with E-state index in [1.165, 1.54) is 36.9 Å². The lowest BCUT2D eigenvalue weighted by molar-refractivity contribution is -0.142. The minimum absolute atomic E-state index is 0.147. The molecule has 2 saturated heterocycles. The van der Waals surface area contributed by atoms with Crippen LogP contribution in [0.25, 0.3) is 11.1 Å². The Bertz CT molecular complexity index is 2980. The molecule has 0 bridgehead atoms. The Morgan fingerprint density at radius 1 is 0.757 bits per heavy atom. The van der Waals surface area contributed by atoms with E-state index in [9.17, 15) is 40.7 Å². The minimum Gasteiger partial charge on any atom is -0.473 e. The van der Waals surface area contributed by atoms with Gasteiger partial charge in [-0.05, 0) is 98.2 Å². The standard InChI is InChI=1S/C51H55F6N11O5S/c1-30-23-42(50(52,53)54)62-67(30)28-46(69)65-19-15-37(16-20-65)72-45-14-13-44(60-61-45)59-32(3)34-8-5-9-35(25-34)36-12-11-33-7-6-10-40(39(33)26-36)64(4)48(71)41-27-58-49(74-41)73-38-17-21-66(22-18-38)47(70)29-68-31(2)24-43(63-68)51(55,56)57/h5,8-9,11-14,23-27,32,37-38,40H,6-7,10,15-22,28-29H2,1-4H3,(H,59,60)/t32-,40?/m1/s1. The molecule has 74 heavy (non-hydrogen) atoms.